The Kier molecular flexibility index (Phi) is 1.73. The van der Waals surface area contributed by atoms with Crippen molar-refractivity contribution in [2.45, 2.75) is 0 Å². The molecule has 0 aliphatic rings. The third-order valence-corrected chi connectivity index (χ3v) is 1.96. The number of aromatic nitrogens is 3. The monoisotopic (exact) mass is 174 g/mol. The molecule has 4 nitrogen and oxygen atoms in total. The molecule has 13 heavy (non-hydrogen) atoms. The molecule has 0 amide bonds. The summed E-state index contributed by atoms with van der Waals surface area (Å²) in [6.45, 7) is 0. The van der Waals surface area contributed by atoms with Gasteiger partial charge in [-0.1, -0.05) is 0 Å². The number of hydrogen-bond donors (Lipinski definition) is 1. The van der Waals surface area contributed by atoms with Gasteiger partial charge in [-0.05, 0) is 12.1 Å². The second-order valence-electron chi connectivity index (χ2n) is 2.80. The van der Waals surface area contributed by atoms with E-state index in [1.165, 1.54) is 0 Å². The molecule has 2 heterocycles. The molecular weight excluding hydrogens is 164 g/mol. The van der Waals surface area contributed by atoms with Crippen LogP contribution in [-0.2, 0) is 7.05 Å². The smallest absolute Gasteiger partial charge is 0.141 e. The van der Waals surface area contributed by atoms with Crippen molar-refractivity contribution in [2.24, 2.45) is 7.05 Å². The van der Waals surface area contributed by atoms with Crippen LogP contribution in [0.1, 0.15) is 0 Å². The molecule has 0 fully saturated rings. The van der Waals surface area contributed by atoms with Crippen LogP contribution in [0.2, 0.25) is 0 Å². The molecule has 0 saturated carbocycles. The van der Waals surface area contributed by atoms with Gasteiger partial charge in [0.1, 0.15) is 11.6 Å². The SMILES string of the molecule is Cn1c(N)cnc1-c1ccncc1. The highest BCUT2D eigenvalue weighted by Gasteiger charge is 2.04. The number of nitrogen functional groups attached to an aromatic ring is 1. The molecule has 0 aromatic carbocycles. The van der Waals surface area contributed by atoms with Crippen molar-refractivity contribution in [3.63, 3.8) is 0 Å². The summed E-state index contributed by atoms with van der Waals surface area (Å²) in [5.41, 5.74) is 6.69. The summed E-state index contributed by atoms with van der Waals surface area (Å²) in [5, 5.41) is 0. The first-order valence-corrected chi connectivity index (χ1v) is 3.96. The van der Waals surface area contributed by atoms with E-state index in [-0.39, 0.29) is 0 Å². The molecule has 4 heteroatoms. The van der Waals surface area contributed by atoms with Gasteiger partial charge in [0.15, 0.2) is 0 Å². The van der Waals surface area contributed by atoms with Crippen LogP contribution in [0.3, 0.4) is 0 Å². The van der Waals surface area contributed by atoms with Gasteiger partial charge < -0.3 is 10.3 Å². The molecule has 2 aromatic rings. The van der Waals surface area contributed by atoms with Gasteiger partial charge in [-0.15, -0.1) is 0 Å². The number of hydrogen-bond acceptors (Lipinski definition) is 3. The predicted octanol–water partition coefficient (Wildman–Crippen LogP) is 1.06. The molecule has 2 N–H and O–H groups in total. The average Bonchev–Trinajstić information content (AvgIpc) is 2.49. The number of anilines is 1. The first-order valence-electron chi connectivity index (χ1n) is 3.96. The number of imidazole rings is 1. The highest BCUT2D eigenvalue weighted by Crippen LogP contribution is 2.17. The Balaban J connectivity index is 2.53. The normalized spacial score (nSPS) is 10.2. The Labute approximate surface area is 76.1 Å². The van der Waals surface area contributed by atoms with Crippen molar-refractivity contribution in [2.75, 3.05) is 5.73 Å². The number of pyridine rings is 1. The minimum Gasteiger partial charge on any atom is -0.384 e. The minimum atomic E-state index is 0.659. The van der Waals surface area contributed by atoms with E-state index in [1.807, 2.05) is 23.7 Å². The van der Waals surface area contributed by atoms with Crippen molar-refractivity contribution in [3.05, 3.63) is 30.7 Å². The van der Waals surface area contributed by atoms with Crippen LogP contribution in [0.4, 0.5) is 5.82 Å². The van der Waals surface area contributed by atoms with E-state index in [2.05, 4.69) is 9.97 Å². The molecular formula is C9H10N4. The van der Waals surface area contributed by atoms with Gasteiger partial charge in [0, 0.05) is 25.0 Å². The maximum atomic E-state index is 5.66. The van der Waals surface area contributed by atoms with Crippen molar-refractivity contribution >= 4 is 5.82 Å². The molecule has 0 aliphatic heterocycles. The lowest BCUT2D eigenvalue weighted by Gasteiger charge is -2.01. The molecule has 2 rings (SSSR count). The molecule has 0 aliphatic carbocycles. The summed E-state index contributed by atoms with van der Waals surface area (Å²) in [6.07, 6.45) is 5.12. The Bertz CT molecular complexity index is 405. The second kappa shape index (κ2) is 2.90. The van der Waals surface area contributed by atoms with Gasteiger partial charge in [0.25, 0.3) is 0 Å². The molecule has 2 aromatic heterocycles. The zero-order valence-corrected chi connectivity index (χ0v) is 7.31. The van der Waals surface area contributed by atoms with E-state index >= 15 is 0 Å². The van der Waals surface area contributed by atoms with Crippen LogP contribution in [0.25, 0.3) is 11.4 Å². The first-order chi connectivity index (χ1) is 6.29. The fourth-order valence-corrected chi connectivity index (χ4v) is 1.19. The molecule has 0 bridgehead atoms. The van der Waals surface area contributed by atoms with E-state index in [1.54, 1.807) is 18.6 Å². The standard InChI is InChI=1S/C9H10N4/c1-13-8(10)6-12-9(13)7-2-4-11-5-3-7/h2-6H,10H2,1H3. The Morgan fingerprint density at radius 3 is 2.54 bits per heavy atom. The number of nitrogens with zero attached hydrogens (tertiary/aromatic N) is 3. The van der Waals surface area contributed by atoms with Gasteiger partial charge in [-0.3, -0.25) is 4.98 Å². The maximum Gasteiger partial charge on any atom is 0.141 e. The highest BCUT2D eigenvalue weighted by atomic mass is 15.1. The van der Waals surface area contributed by atoms with Crippen LogP contribution in [0.15, 0.2) is 30.7 Å². The van der Waals surface area contributed by atoms with Crippen molar-refractivity contribution < 1.29 is 0 Å². The van der Waals surface area contributed by atoms with E-state index in [0.29, 0.717) is 5.82 Å². The predicted molar refractivity (Wildman–Crippen MR) is 50.9 cm³/mol. The van der Waals surface area contributed by atoms with Crippen molar-refractivity contribution in [1.82, 2.24) is 14.5 Å². The third-order valence-electron chi connectivity index (χ3n) is 1.96. The lowest BCUT2D eigenvalue weighted by Crippen LogP contribution is -1.97. The fraction of sp³-hybridized carbons (Fsp3) is 0.111. The van der Waals surface area contributed by atoms with E-state index in [4.69, 9.17) is 5.73 Å². The van der Waals surface area contributed by atoms with E-state index in [0.717, 1.165) is 11.4 Å². The topological polar surface area (TPSA) is 56.7 Å². The van der Waals surface area contributed by atoms with Crippen LogP contribution in [-0.4, -0.2) is 14.5 Å². The average molecular weight is 174 g/mol. The van der Waals surface area contributed by atoms with Crippen LogP contribution in [0.5, 0.6) is 0 Å². The molecule has 0 spiro atoms. The highest BCUT2D eigenvalue weighted by molar-refractivity contribution is 5.57. The Hall–Kier alpha value is -1.84. The van der Waals surface area contributed by atoms with Crippen molar-refractivity contribution in [3.8, 4) is 11.4 Å². The molecule has 0 unspecified atom stereocenters. The number of rotatable bonds is 1. The van der Waals surface area contributed by atoms with Gasteiger partial charge in [0.2, 0.25) is 0 Å². The van der Waals surface area contributed by atoms with Gasteiger partial charge in [-0.2, -0.15) is 0 Å². The van der Waals surface area contributed by atoms with Crippen molar-refractivity contribution in [1.29, 1.82) is 0 Å². The Morgan fingerprint density at radius 2 is 2.00 bits per heavy atom. The van der Waals surface area contributed by atoms with E-state index in [9.17, 15) is 0 Å². The second-order valence-corrected chi connectivity index (χ2v) is 2.80. The van der Waals surface area contributed by atoms with Crippen LogP contribution >= 0.6 is 0 Å². The summed E-state index contributed by atoms with van der Waals surface area (Å²) in [6, 6.07) is 3.81. The zero-order valence-electron chi connectivity index (χ0n) is 7.31. The largest absolute Gasteiger partial charge is 0.384 e. The molecule has 0 radical (unpaired) electrons. The van der Waals surface area contributed by atoms with Gasteiger partial charge >= 0.3 is 0 Å². The summed E-state index contributed by atoms with van der Waals surface area (Å²) >= 11 is 0. The number of nitrogens with two attached hydrogens (primary N) is 1. The Morgan fingerprint density at radius 1 is 1.31 bits per heavy atom. The van der Waals surface area contributed by atoms with E-state index < -0.39 is 0 Å². The minimum absolute atomic E-state index is 0.659. The lowest BCUT2D eigenvalue weighted by atomic mass is 10.2. The third kappa shape index (κ3) is 1.26. The van der Waals surface area contributed by atoms with Crippen LogP contribution < -0.4 is 5.73 Å². The zero-order chi connectivity index (χ0) is 9.26. The summed E-state index contributed by atoms with van der Waals surface area (Å²) in [4.78, 5) is 8.13. The molecule has 66 valence electrons. The van der Waals surface area contributed by atoms with Gasteiger partial charge in [-0.25, -0.2) is 4.98 Å². The maximum absolute atomic E-state index is 5.66. The summed E-state index contributed by atoms with van der Waals surface area (Å²) in [5.74, 6) is 1.52. The quantitative estimate of drug-likeness (QED) is 0.703. The first kappa shape index (κ1) is 7.79. The molecule has 0 atom stereocenters. The summed E-state index contributed by atoms with van der Waals surface area (Å²) < 4.78 is 1.84. The van der Waals surface area contributed by atoms with Gasteiger partial charge in [0.05, 0.1) is 6.20 Å². The van der Waals surface area contributed by atoms with Crippen LogP contribution in [0, 0.1) is 0 Å². The summed E-state index contributed by atoms with van der Waals surface area (Å²) in [7, 11) is 1.89. The fourth-order valence-electron chi connectivity index (χ4n) is 1.19. The lowest BCUT2D eigenvalue weighted by molar-refractivity contribution is 0.936. The molecule has 0 saturated heterocycles.